The molecule has 0 amide bonds. The Balaban J connectivity index is 3.91. The molecule has 5 heteroatoms. The molecule has 0 aromatic carbocycles. The molecule has 0 bridgehead atoms. The predicted molar refractivity (Wildman–Crippen MR) is 43.2 cm³/mol. The third-order valence-corrected chi connectivity index (χ3v) is 3.28. The van der Waals surface area contributed by atoms with Crippen LogP contribution in [0.1, 0.15) is 0 Å². The first-order chi connectivity index (χ1) is 5.18. The molecule has 11 heavy (non-hydrogen) atoms. The van der Waals surface area contributed by atoms with Gasteiger partial charge in [-0.25, -0.2) is 0 Å². The maximum Gasteiger partial charge on any atom is 0.160 e. The fourth-order valence-corrected chi connectivity index (χ4v) is 2.45. The van der Waals surface area contributed by atoms with E-state index in [4.69, 9.17) is 14.2 Å². The minimum absolute atomic E-state index is 0.217. The summed E-state index contributed by atoms with van der Waals surface area (Å²) in [7, 11) is 2.15. The zero-order valence-corrected chi connectivity index (χ0v) is 8.10. The van der Waals surface area contributed by atoms with Gasteiger partial charge in [0.1, 0.15) is 19.0 Å². The molecule has 0 N–H and O–H groups in total. The van der Waals surface area contributed by atoms with Gasteiger partial charge in [-0.3, -0.25) is 0 Å². The van der Waals surface area contributed by atoms with Gasteiger partial charge in [-0.1, -0.05) is 0 Å². The Morgan fingerprint density at radius 1 is 0.909 bits per heavy atom. The zero-order valence-electron chi connectivity index (χ0n) is 7.20. The average molecular weight is 182 g/mol. The fraction of sp³-hybridized carbons (Fsp3) is 1.00. The summed E-state index contributed by atoms with van der Waals surface area (Å²) in [4.78, 5) is 0. The minimum atomic E-state index is -2.39. The molecule has 4 nitrogen and oxygen atoms in total. The minimum Gasteiger partial charge on any atom is -0.377 e. The second-order valence-electron chi connectivity index (χ2n) is 2.31. The lowest BCUT2D eigenvalue weighted by molar-refractivity contribution is 0.200. The molecule has 0 fully saturated rings. The van der Waals surface area contributed by atoms with Gasteiger partial charge in [-0.15, -0.1) is 0 Å². The first kappa shape index (κ1) is 11.1. The highest BCUT2D eigenvalue weighted by atomic mass is 31.2. The van der Waals surface area contributed by atoms with Crippen molar-refractivity contribution in [3.05, 3.63) is 0 Å². The van der Waals surface area contributed by atoms with E-state index < -0.39 is 7.14 Å². The molecule has 0 atom stereocenters. The highest BCUT2D eigenvalue weighted by Gasteiger charge is 2.21. The third kappa shape index (κ3) is 4.53. The number of rotatable bonds is 6. The Bertz CT molecular complexity index is 113. The Morgan fingerprint density at radius 3 is 1.36 bits per heavy atom. The van der Waals surface area contributed by atoms with Crippen LogP contribution in [0.15, 0.2) is 0 Å². The summed E-state index contributed by atoms with van der Waals surface area (Å²) >= 11 is 0. The van der Waals surface area contributed by atoms with Crippen LogP contribution in [0.4, 0.5) is 0 Å². The largest absolute Gasteiger partial charge is 0.377 e. The molecule has 0 unspecified atom stereocenters. The van der Waals surface area contributed by atoms with Crippen LogP contribution in [0.5, 0.6) is 0 Å². The van der Waals surface area contributed by atoms with Gasteiger partial charge in [0.2, 0.25) is 0 Å². The summed E-state index contributed by atoms with van der Waals surface area (Å²) in [5.41, 5.74) is 0. The van der Waals surface area contributed by atoms with Gasteiger partial charge >= 0.3 is 0 Å². The molecule has 0 saturated heterocycles. The van der Waals surface area contributed by atoms with Crippen LogP contribution < -0.4 is 0 Å². The summed E-state index contributed by atoms with van der Waals surface area (Å²) in [6.07, 6.45) is 0.651. The highest BCUT2D eigenvalue weighted by molar-refractivity contribution is 7.63. The molecule has 0 aliphatic carbocycles. The summed E-state index contributed by atoms with van der Waals surface area (Å²) in [5, 5.41) is 0. The van der Waals surface area contributed by atoms with E-state index in [1.54, 1.807) is 0 Å². The van der Waals surface area contributed by atoms with Crippen molar-refractivity contribution in [1.29, 1.82) is 0 Å². The molecule has 68 valence electrons. The number of ether oxygens (including phenoxy) is 3. The first-order valence-corrected chi connectivity index (χ1v) is 5.48. The standard InChI is InChI=1S/C6H15O4P/c1-8-4-11(7,5-9-2)6-10-3/h4-6H2,1-3H3. The molecule has 0 aromatic heterocycles. The van der Waals surface area contributed by atoms with Gasteiger partial charge in [-0.05, 0) is 0 Å². The Morgan fingerprint density at radius 2 is 1.18 bits per heavy atom. The van der Waals surface area contributed by atoms with Crippen molar-refractivity contribution in [3.63, 3.8) is 0 Å². The molecule has 0 rings (SSSR count). The SMILES string of the molecule is COCP(=O)(COC)COC. The molecule has 0 aromatic rings. The summed E-state index contributed by atoms with van der Waals surface area (Å²) in [5.74, 6) is 0. The zero-order chi connectivity index (χ0) is 8.74. The van der Waals surface area contributed by atoms with Gasteiger partial charge in [0.25, 0.3) is 0 Å². The second kappa shape index (κ2) is 5.72. The van der Waals surface area contributed by atoms with Crippen molar-refractivity contribution in [2.75, 3.05) is 40.4 Å². The summed E-state index contributed by atoms with van der Waals surface area (Å²) in [6, 6.07) is 0. The Hall–Kier alpha value is 0.110. The molecule has 0 radical (unpaired) electrons. The normalized spacial score (nSPS) is 11.9. The molecular formula is C6H15O4P. The van der Waals surface area contributed by atoms with Crippen molar-refractivity contribution in [2.24, 2.45) is 0 Å². The molecule has 0 heterocycles. The maximum absolute atomic E-state index is 11.6. The van der Waals surface area contributed by atoms with Crippen LogP contribution in [0.3, 0.4) is 0 Å². The van der Waals surface area contributed by atoms with Crippen molar-refractivity contribution in [2.45, 2.75) is 0 Å². The summed E-state index contributed by atoms with van der Waals surface area (Å²) < 4.78 is 26.0. The van der Waals surface area contributed by atoms with Gasteiger partial charge < -0.3 is 18.8 Å². The van der Waals surface area contributed by atoms with Gasteiger partial charge in [0.15, 0.2) is 7.14 Å². The van der Waals surface area contributed by atoms with Gasteiger partial charge in [0.05, 0.1) is 0 Å². The number of hydrogen-bond acceptors (Lipinski definition) is 4. The van der Waals surface area contributed by atoms with Crippen molar-refractivity contribution in [1.82, 2.24) is 0 Å². The van der Waals surface area contributed by atoms with E-state index in [0.717, 1.165) is 0 Å². The van der Waals surface area contributed by atoms with Crippen LogP contribution in [0.25, 0.3) is 0 Å². The molecule has 0 aliphatic rings. The highest BCUT2D eigenvalue weighted by Crippen LogP contribution is 2.44. The Labute approximate surface area is 67.2 Å². The lowest BCUT2D eigenvalue weighted by atomic mass is 11.5. The van der Waals surface area contributed by atoms with Gasteiger partial charge in [0, 0.05) is 21.3 Å². The van der Waals surface area contributed by atoms with Crippen LogP contribution in [0.2, 0.25) is 0 Å². The van der Waals surface area contributed by atoms with E-state index in [-0.39, 0.29) is 19.0 Å². The predicted octanol–water partition coefficient (Wildman–Crippen LogP) is 1.16. The third-order valence-electron chi connectivity index (χ3n) is 1.09. The van der Waals surface area contributed by atoms with Crippen LogP contribution >= 0.6 is 7.14 Å². The van der Waals surface area contributed by atoms with Crippen molar-refractivity contribution < 1.29 is 18.8 Å². The quantitative estimate of drug-likeness (QED) is 0.578. The summed E-state index contributed by atoms with van der Waals surface area (Å²) in [6.45, 7) is 0. The van der Waals surface area contributed by atoms with Crippen LogP contribution in [-0.2, 0) is 18.8 Å². The fourth-order valence-electron chi connectivity index (χ4n) is 0.818. The van der Waals surface area contributed by atoms with E-state index in [1.807, 2.05) is 0 Å². The van der Waals surface area contributed by atoms with Gasteiger partial charge in [-0.2, -0.15) is 0 Å². The number of hydrogen-bond donors (Lipinski definition) is 0. The number of methoxy groups -OCH3 is 3. The maximum atomic E-state index is 11.6. The van der Waals surface area contributed by atoms with Crippen molar-refractivity contribution >= 4 is 7.14 Å². The topological polar surface area (TPSA) is 44.8 Å². The van der Waals surface area contributed by atoms with E-state index in [1.165, 1.54) is 21.3 Å². The molecule has 0 saturated carbocycles. The monoisotopic (exact) mass is 182 g/mol. The molecule has 0 aliphatic heterocycles. The lowest BCUT2D eigenvalue weighted by Gasteiger charge is -2.14. The van der Waals surface area contributed by atoms with Crippen LogP contribution in [0, 0.1) is 0 Å². The lowest BCUT2D eigenvalue weighted by Crippen LogP contribution is -2.04. The van der Waals surface area contributed by atoms with E-state index in [2.05, 4.69) is 0 Å². The molecular weight excluding hydrogens is 167 g/mol. The average Bonchev–Trinajstić information content (AvgIpc) is 1.88. The van der Waals surface area contributed by atoms with E-state index in [0.29, 0.717) is 0 Å². The first-order valence-electron chi connectivity index (χ1n) is 3.22. The molecule has 0 spiro atoms. The van der Waals surface area contributed by atoms with E-state index in [9.17, 15) is 4.57 Å². The van der Waals surface area contributed by atoms with Crippen LogP contribution in [-0.4, -0.2) is 40.4 Å². The van der Waals surface area contributed by atoms with E-state index >= 15 is 0 Å². The van der Waals surface area contributed by atoms with Crippen molar-refractivity contribution in [3.8, 4) is 0 Å². The smallest absolute Gasteiger partial charge is 0.160 e. The Kier molecular flexibility index (Phi) is 5.78. The second-order valence-corrected chi connectivity index (χ2v) is 5.20.